The molecule has 0 spiro atoms. The Kier molecular flexibility index (Phi) is 7.92. The highest BCUT2D eigenvalue weighted by Crippen LogP contribution is 2.22. The summed E-state index contributed by atoms with van der Waals surface area (Å²) in [6.07, 6.45) is 4.54. The highest BCUT2D eigenvalue weighted by atomic mass is 32.2. The van der Waals surface area contributed by atoms with Gasteiger partial charge in [-0.05, 0) is 47.4 Å². The van der Waals surface area contributed by atoms with Crippen molar-refractivity contribution < 1.29 is 23.1 Å². The van der Waals surface area contributed by atoms with E-state index in [1.807, 2.05) is 24.3 Å². The SMILES string of the molecule is CS(=O)(=O)c1ccc(-c2ccc(C[C@@H](CO)NC(=O)CNC(=O)c3cccnc3)cc2)cc1. The smallest absolute Gasteiger partial charge is 0.253 e. The largest absolute Gasteiger partial charge is 0.394 e. The van der Waals surface area contributed by atoms with Gasteiger partial charge in [0.15, 0.2) is 9.84 Å². The molecule has 0 aliphatic rings. The Balaban J connectivity index is 1.54. The van der Waals surface area contributed by atoms with E-state index >= 15 is 0 Å². The minimum Gasteiger partial charge on any atom is -0.394 e. The van der Waals surface area contributed by atoms with E-state index in [1.165, 1.54) is 12.5 Å². The Morgan fingerprint density at radius 3 is 2.18 bits per heavy atom. The number of pyridine rings is 1. The lowest BCUT2D eigenvalue weighted by Gasteiger charge is -2.17. The van der Waals surface area contributed by atoms with Crippen LogP contribution in [0.15, 0.2) is 78.0 Å². The number of amides is 2. The first-order valence-electron chi connectivity index (χ1n) is 10.2. The number of sulfone groups is 1. The summed E-state index contributed by atoms with van der Waals surface area (Å²) in [4.78, 5) is 28.3. The molecule has 1 aromatic heterocycles. The fourth-order valence-corrected chi connectivity index (χ4v) is 3.84. The van der Waals surface area contributed by atoms with E-state index in [-0.39, 0.29) is 18.0 Å². The van der Waals surface area contributed by atoms with Crippen LogP contribution >= 0.6 is 0 Å². The van der Waals surface area contributed by atoms with Gasteiger partial charge >= 0.3 is 0 Å². The molecule has 0 saturated carbocycles. The number of benzene rings is 2. The van der Waals surface area contributed by atoms with Crippen molar-refractivity contribution in [3.05, 3.63) is 84.2 Å². The minimum atomic E-state index is -3.24. The van der Waals surface area contributed by atoms with Crippen LogP contribution in [0, 0.1) is 0 Å². The van der Waals surface area contributed by atoms with Gasteiger partial charge in [-0.2, -0.15) is 0 Å². The Morgan fingerprint density at radius 1 is 1.00 bits per heavy atom. The molecule has 3 N–H and O–H groups in total. The van der Waals surface area contributed by atoms with Crippen LogP contribution < -0.4 is 10.6 Å². The van der Waals surface area contributed by atoms with Crippen molar-refractivity contribution in [2.24, 2.45) is 0 Å². The molecule has 0 aliphatic heterocycles. The van der Waals surface area contributed by atoms with Crippen molar-refractivity contribution in [3.63, 3.8) is 0 Å². The van der Waals surface area contributed by atoms with Crippen LogP contribution in [-0.4, -0.2) is 55.8 Å². The summed E-state index contributed by atoms with van der Waals surface area (Å²) in [7, 11) is -3.24. The lowest BCUT2D eigenvalue weighted by Crippen LogP contribution is -2.44. The zero-order valence-electron chi connectivity index (χ0n) is 18.1. The van der Waals surface area contributed by atoms with Crippen molar-refractivity contribution >= 4 is 21.7 Å². The molecule has 2 aromatic carbocycles. The first kappa shape index (κ1) is 24.1. The molecule has 0 unspecified atom stereocenters. The average molecular weight is 468 g/mol. The van der Waals surface area contributed by atoms with Crippen LogP contribution in [-0.2, 0) is 21.1 Å². The maximum Gasteiger partial charge on any atom is 0.253 e. The number of aromatic nitrogens is 1. The predicted molar refractivity (Wildman–Crippen MR) is 124 cm³/mol. The van der Waals surface area contributed by atoms with E-state index in [2.05, 4.69) is 15.6 Å². The number of hydrogen-bond acceptors (Lipinski definition) is 6. The molecule has 0 fully saturated rings. The number of carbonyl (C=O) groups excluding carboxylic acids is 2. The second-order valence-corrected chi connectivity index (χ2v) is 9.58. The van der Waals surface area contributed by atoms with Gasteiger partial charge < -0.3 is 15.7 Å². The lowest BCUT2D eigenvalue weighted by molar-refractivity contribution is -0.121. The van der Waals surface area contributed by atoms with Gasteiger partial charge in [-0.15, -0.1) is 0 Å². The Labute approximate surface area is 192 Å². The van der Waals surface area contributed by atoms with Crippen molar-refractivity contribution in [1.82, 2.24) is 15.6 Å². The maximum absolute atomic E-state index is 12.2. The Bertz CT molecular complexity index is 1200. The third-order valence-corrected chi connectivity index (χ3v) is 6.10. The highest BCUT2D eigenvalue weighted by molar-refractivity contribution is 7.90. The van der Waals surface area contributed by atoms with Gasteiger partial charge in [-0.1, -0.05) is 36.4 Å². The maximum atomic E-state index is 12.2. The van der Waals surface area contributed by atoms with Crippen molar-refractivity contribution in [2.45, 2.75) is 17.4 Å². The molecule has 8 nitrogen and oxygen atoms in total. The molecule has 172 valence electrons. The summed E-state index contributed by atoms with van der Waals surface area (Å²) in [6.45, 7) is -0.469. The highest BCUT2D eigenvalue weighted by Gasteiger charge is 2.14. The molecule has 1 heterocycles. The van der Waals surface area contributed by atoms with E-state index in [4.69, 9.17) is 0 Å². The van der Waals surface area contributed by atoms with E-state index in [0.717, 1.165) is 16.7 Å². The van der Waals surface area contributed by atoms with Gasteiger partial charge in [-0.25, -0.2) is 8.42 Å². The number of aliphatic hydroxyl groups is 1. The summed E-state index contributed by atoms with van der Waals surface area (Å²) in [5, 5.41) is 14.9. The zero-order valence-corrected chi connectivity index (χ0v) is 18.9. The quantitative estimate of drug-likeness (QED) is 0.439. The summed E-state index contributed by atoms with van der Waals surface area (Å²) >= 11 is 0. The third kappa shape index (κ3) is 6.96. The van der Waals surface area contributed by atoms with E-state index in [1.54, 1.807) is 42.6 Å². The molecule has 0 saturated heterocycles. The van der Waals surface area contributed by atoms with Crippen molar-refractivity contribution in [3.8, 4) is 11.1 Å². The third-order valence-electron chi connectivity index (χ3n) is 4.97. The lowest BCUT2D eigenvalue weighted by atomic mass is 10.0. The molecule has 0 aliphatic carbocycles. The normalized spacial score (nSPS) is 12.1. The van der Waals surface area contributed by atoms with Crippen LogP contribution in [0.1, 0.15) is 15.9 Å². The number of carbonyl (C=O) groups is 2. The molecule has 9 heteroatoms. The molecule has 2 amide bonds. The zero-order chi connectivity index (χ0) is 23.8. The van der Waals surface area contributed by atoms with Gasteiger partial charge in [0.2, 0.25) is 5.91 Å². The minimum absolute atomic E-state index is 0.216. The van der Waals surface area contributed by atoms with Gasteiger partial charge in [-0.3, -0.25) is 14.6 Å². The first-order chi connectivity index (χ1) is 15.8. The molecule has 33 heavy (non-hydrogen) atoms. The second kappa shape index (κ2) is 10.8. The van der Waals surface area contributed by atoms with Crippen LogP contribution in [0.5, 0.6) is 0 Å². The van der Waals surface area contributed by atoms with Gasteiger partial charge in [0.05, 0.1) is 29.7 Å². The van der Waals surface area contributed by atoms with E-state index < -0.39 is 27.7 Å². The summed E-state index contributed by atoms with van der Waals surface area (Å²) in [5.41, 5.74) is 3.06. The van der Waals surface area contributed by atoms with Gasteiger partial charge in [0.1, 0.15) is 0 Å². The first-order valence-corrected chi connectivity index (χ1v) is 12.1. The second-order valence-electron chi connectivity index (χ2n) is 7.57. The molecule has 0 bridgehead atoms. The summed E-state index contributed by atoms with van der Waals surface area (Å²) in [5.74, 6) is -0.812. The fourth-order valence-electron chi connectivity index (χ4n) is 3.21. The molecule has 3 aromatic rings. The van der Waals surface area contributed by atoms with Crippen LogP contribution in [0.25, 0.3) is 11.1 Å². The van der Waals surface area contributed by atoms with Crippen molar-refractivity contribution in [2.75, 3.05) is 19.4 Å². The Hall–Kier alpha value is -3.56. The molecule has 1 atom stereocenters. The monoisotopic (exact) mass is 467 g/mol. The summed E-state index contributed by atoms with van der Waals surface area (Å²) in [6, 6.07) is 16.9. The average Bonchev–Trinajstić information content (AvgIpc) is 2.82. The molecule has 0 radical (unpaired) electrons. The van der Waals surface area contributed by atoms with Crippen LogP contribution in [0.3, 0.4) is 0 Å². The number of nitrogens with one attached hydrogen (secondary N) is 2. The molecule has 3 rings (SSSR count). The van der Waals surface area contributed by atoms with E-state index in [0.29, 0.717) is 12.0 Å². The van der Waals surface area contributed by atoms with Crippen LogP contribution in [0.2, 0.25) is 0 Å². The van der Waals surface area contributed by atoms with Crippen LogP contribution in [0.4, 0.5) is 0 Å². The molecular weight excluding hydrogens is 442 g/mol. The summed E-state index contributed by atoms with van der Waals surface area (Å²) < 4.78 is 23.2. The molecular formula is C24H25N3O5S. The van der Waals surface area contributed by atoms with E-state index in [9.17, 15) is 23.1 Å². The number of aliphatic hydroxyl groups excluding tert-OH is 1. The number of nitrogens with zero attached hydrogens (tertiary/aromatic N) is 1. The standard InChI is InChI=1S/C24H25N3O5S/c1-33(31,32)22-10-8-19(9-11-22)18-6-4-17(5-7-18)13-21(16-28)27-23(29)15-26-24(30)20-3-2-12-25-14-20/h2-12,14,21,28H,13,15-16H2,1H3,(H,26,30)(H,27,29)/t21-/m0/s1. The topological polar surface area (TPSA) is 125 Å². The van der Waals surface area contributed by atoms with Gasteiger partial charge in [0.25, 0.3) is 5.91 Å². The number of rotatable bonds is 9. The fraction of sp³-hybridized carbons (Fsp3) is 0.208. The van der Waals surface area contributed by atoms with Gasteiger partial charge in [0, 0.05) is 18.6 Å². The Morgan fingerprint density at radius 2 is 1.64 bits per heavy atom. The number of hydrogen-bond donors (Lipinski definition) is 3. The van der Waals surface area contributed by atoms with Crippen molar-refractivity contribution in [1.29, 1.82) is 0 Å². The predicted octanol–water partition coefficient (Wildman–Crippen LogP) is 1.60.